The molecule has 0 unspecified atom stereocenters. The van der Waals surface area contributed by atoms with Crippen molar-refractivity contribution in [1.82, 2.24) is 25.1 Å². The minimum Gasteiger partial charge on any atom is -0.508 e. The number of aromatic hydroxyl groups is 1. The second-order valence-corrected chi connectivity index (χ2v) is 6.64. The van der Waals surface area contributed by atoms with Crippen LogP contribution in [0, 0.1) is 0 Å². The molecule has 0 spiro atoms. The van der Waals surface area contributed by atoms with Crippen LogP contribution < -0.4 is 5.32 Å². The molecule has 6 nitrogen and oxygen atoms in total. The molecule has 1 saturated heterocycles. The lowest BCUT2D eigenvalue weighted by Crippen LogP contribution is -2.26. The number of phenols is 1. The number of benzene rings is 1. The Labute approximate surface area is 150 Å². The molecule has 1 aromatic carbocycles. The topological polar surface area (TPSA) is 75.9 Å². The molecule has 0 radical (unpaired) electrons. The fourth-order valence-electron chi connectivity index (χ4n) is 3.21. The van der Waals surface area contributed by atoms with Crippen LogP contribution in [0.1, 0.15) is 12.8 Å². The maximum Gasteiger partial charge on any atom is 0.117 e. The number of hydrogen-bond acceptors (Lipinski definition) is 5. The zero-order valence-electron chi connectivity index (χ0n) is 13.6. The van der Waals surface area contributed by atoms with E-state index in [4.69, 9.17) is 16.7 Å². The van der Waals surface area contributed by atoms with Crippen molar-refractivity contribution in [1.29, 1.82) is 0 Å². The summed E-state index contributed by atoms with van der Waals surface area (Å²) in [6, 6.07) is 7.25. The van der Waals surface area contributed by atoms with E-state index in [2.05, 4.69) is 15.3 Å². The number of nitrogens with one attached hydrogen (secondary N) is 1. The highest BCUT2D eigenvalue weighted by Crippen LogP contribution is 2.33. The molecule has 1 aliphatic rings. The van der Waals surface area contributed by atoms with Crippen LogP contribution in [0.2, 0.25) is 5.02 Å². The highest BCUT2D eigenvalue weighted by Gasteiger charge is 2.19. The minimum absolute atomic E-state index is 0.114. The van der Waals surface area contributed by atoms with E-state index in [1.807, 2.05) is 16.9 Å². The maximum atomic E-state index is 9.90. The largest absolute Gasteiger partial charge is 0.508 e. The van der Waals surface area contributed by atoms with Crippen LogP contribution in [0.4, 0.5) is 0 Å². The Morgan fingerprint density at radius 3 is 2.96 bits per heavy atom. The Kier molecular flexibility index (Phi) is 4.38. The van der Waals surface area contributed by atoms with Crippen LogP contribution in [0.15, 0.2) is 43.0 Å². The summed E-state index contributed by atoms with van der Waals surface area (Å²) in [4.78, 5) is 8.33. The van der Waals surface area contributed by atoms with Gasteiger partial charge in [-0.2, -0.15) is 5.10 Å². The number of hydrogen-bond donors (Lipinski definition) is 2. The van der Waals surface area contributed by atoms with Crippen molar-refractivity contribution in [3.8, 4) is 28.3 Å². The average molecular weight is 356 g/mol. The highest BCUT2D eigenvalue weighted by molar-refractivity contribution is 6.31. The summed E-state index contributed by atoms with van der Waals surface area (Å²) >= 11 is 6.11. The van der Waals surface area contributed by atoms with Gasteiger partial charge >= 0.3 is 0 Å². The summed E-state index contributed by atoms with van der Waals surface area (Å²) in [5.41, 5.74) is 3.18. The molecule has 0 saturated carbocycles. The van der Waals surface area contributed by atoms with Crippen molar-refractivity contribution in [2.24, 2.45) is 0 Å². The van der Waals surface area contributed by atoms with Gasteiger partial charge < -0.3 is 10.4 Å². The van der Waals surface area contributed by atoms with Crippen molar-refractivity contribution in [2.75, 3.05) is 6.54 Å². The van der Waals surface area contributed by atoms with Crippen LogP contribution >= 0.6 is 11.6 Å². The normalized spacial score (nSPS) is 17.1. The Morgan fingerprint density at radius 2 is 2.24 bits per heavy atom. The van der Waals surface area contributed by atoms with E-state index < -0.39 is 0 Å². The third-order valence-electron chi connectivity index (χ3n) is 4.35. The van der Waals surface area contributed by atoms with Gasteiger partial charge in [-0.15, -0.1) is 0 Å². The van der Waals surface area contributed by atoms with Crippen LogP contribution in [0.5, 0.6) is 5.75 Å². The zero-order valence-corrected chi connectivity index (χ0v) is 14.3. The van der Waals surface area contributed by atoms with Gasteiger partial charge in [0.25, 0.3) is 0 Å². The second kappa shape index (κ2) is 6.82. The molecule has 25 heavy (non-hydrogen) atoms. The lowest BCUT2D eigenvalue weighted by atomic mass is 10.1. The third-order valence-corrected chi connectivity index (χ3v) is 4.56. The predicted molar refractivity (Wildman–Crippen MR) is 96.4 cm³/mol. The minimum atomic E-state index is 0.114. The molecule has 7 heteroatoms. The number of phenolic OH excluding ortho intramolecular Hbond substituents is 1. The van der Waals surface area contributed by atoms with E-state index in [1.54, 1.807) is 18.3 Å². The van der Waals surface area contributed by atoms with Gasteiger partial charge in [0.05, 0.1) is 12.2 Å². The summed E-state index contributed by atoms with van der Waals surface area (Å²) in [5, 5.41) is 18.6. The summed E-state index contributed by atoms with van der Waals surface area (Å²) in [6.45, 7) is 1.85. The van der Waals surface area contributed by atoms with Gasteiger partial charge in [-0.3, -0.25) is 4.68 Å². The van der Waals surface area contributed by atoms with E-state index >= 15 is 0 Å². The van der Waals surface area contributed by atoms with Crippen LogP contribution in [0.3, 0.4) is 0 Å². The van der Waals surface area contributed by atoms with Crippen LogP contribution in [-0.4, -0.2) is 37.4 Å². The molecule has 1 aliphatic heterocycles. The first-order valence-corrected chi connectivity index (χ1v) is 8.64. The predicted octanol–water partition coefficient (Wildman–Crippen LogP) is 3.12. The Bertz CT molecular complexity index is 854. The van der Waals surface area contributed by atoms with Gasteiger partial charge in [0.2, 0.25) is 0 Å². The van der Waals surface area contributed by atoms with E-state index in [-0.39, 0.29) is 5.75 Å². The monoisotopic (exact) mass is 355 g/mol. The van der Waals surface area contributed by atoms with Crippen molar-refractivity contribution in [3.63, 3.8) is 0 Å². The fraction of sp³-hybridized carbons (Fsp3) is 0.278. The quantitative estimate of drug-likeness (QED) is 0.752. The summed E-state index contributed by atoms with van der Waals surface area (Å²) in [7, 11) is 0. The summed E-state index contributed by atoms with van der Waals surface area (Å²) < 4.78 is 1.94. The molecule has 3 heterocycles. The van der Waals surface area contributed by atoms with Gasteiger partial charge in [0.15, 0.2) is 0 Å². The van der Waals surface area contributed by atoms with E-state index in [0.717, 1.165) is 42.0 Å². The average Bonchev–Trinajstić information content (AvgIpc) is 3.25. The Balaban J connectivity index is 1.78. The zero-order chi connectivity index (χ0) is 17.2. The van der Waals surface area contributed by atoms with Gasteiger partial charge in [-0.25, -0.2) is 9.97 Å². The van der Waals surface area contributed by atoms with Crippen molar-refractivity contribution in [2.45, 2.75) is 25.4 Å². The van der Waals surface area contributed by atoms with E-state index in [0.29, 0.717) is 11.1 Å². The van der Waals surface area contributed by atoms with Gasteiger partial charge in [-0.1, -0.05) is 11.6 Å². The molecule has 128 valence electrons. The lowest BCUT2D eigenvalue weighted by Gasteiger charge is -2.09. The standard InChI is InChI=1S/C18H18ClN5O/c19-13-6-12(7-15(25)8-13)18-16(17-3-5-20-11-22-17)10-24(23-18)9-14-2-1-4-21-14/h3,5-8,10-11,14,21,25H,1-2,4,9H2/t14-/m0/s1. The van der Waals surface area contributed by atoms with E-state index in [9.17, 15) is 5.11 Å². The Hall–Kier alpha value is -2.44. The van der Waals surface area contributed by atoms with Crippen molar-refractivity contribution in [3.05, 3.63) is 48.0 Å². The number of halogens is 1. The SMILES string of the molecule is Oc1cc(Cl)cc(-c2nn(C[C@@H]3CCCN3)cc2-c2ccncn2)c1. The first-order chi connectivity index (χ1) is 12.2. The number of rotatable bonds is 4. The molecular formula is C18H18ClN5O. The number of aromatic nitrogens is 4. The summed E-state index contributed by atoms with van der Waals surface area (Å²) in [6.07, 6.45) is 7.56. The van der Waals surface area contributed by atoms with Gasteiger partial charge in [0, 0.05) is 34.6 Å². The fourth-order valence-corrected chi connectivity index (χ4v) is 3.44. The molecule has 4 rings (SSSR count). The van der Waals surface area contributed by atoms with Crippen LogP contribution in [-0.2, 0) is 6.54 Å². The van der Waals surface area contributed by atoms with Crippen molar-refractivity contribution >= 4 is 11.6 Å². The van der Waals surface area contributed by atoms with Crippen LogP contribution in [0.25, 0.3) is 22.5 Å². The van der Waals surface area contributed by atoms with Gasteiger partial charge in [0.1, 0.15) is 17.8 Å². The van der Waals surface area contributed by atoms with Crippen molar-refractivity contribution < 1.29 is 5.11 Å². The molecule has 0 bridgehead atoms. The smallest absolute Gasteiger partial charge is 0.117 e. The summed E-state index contributed by atoms with van der Waals surface area (Å²) in [5.74, 6) is 0.114. The molecule has 1 fully saturated rings. The first-order valence-electron chi connectivity index (χ1n) is 8.26. The molecule has 0 amide bonds. The second-order valence-electron chi connectivity index (χ2n) is 6.20. The van der Waals surface area contributed by atoms with Gasteiger partial charge in [-0.05, 0) is 43.7 Å². The molecule has 3 aromatic rings. The molecule has 2 aromatic heterocycles. The molecule has 0 aliphatic carbocycles. The maximum absolute atomic E-state index is 9.90. The third kappa shape index (κ3) is 3.50. The number of nitrogens with zero attached hydrogens (tertiary/aromatic N) is 4. The highest BCUT2D eigenvalue weighted by atomic mass is 35.5. The van der Waals surface area contributed by atoms with E-state index in [1.165, 1.54) is 18.8 Å². The molecule has 1 atom stereocenters. The first kappa shape index (κ1) is 16.1. The molecular weight excluding hydrogens is 338 g/mol. The lowest BCUT2D eigenvalue weighted by molar-refractivity contribution is 0.474. The Morgan fingerprint density at radius 1 is 1.32 bits per heavy atom. The molecule has 2 N–H and O–H groups in total.